The van der Waals surface area contributed by atoms with Gasteiger partial charge in [-0.1, -0.05) is 12.1 Å². The van der Waals surface area contributed by atoms with Gasteiger partial charge in [-0.3, -0.25) is 19.3 Å². The number of amides is 3. The summed E-state index contributed by atoms with van der Waals surface area (Å²) in [7, 11) is 0. The molecule has 3 amide bonds. The fourth-order valence-electron chi connectivity index (χ4n) is 3.13. The van der Waals surface area contributed by atoms with Crippen LogP contribution in [-0.2, 0) is 11.3 Å². The van der Waals surface area contributed by atoms with Gasteiger partial charge in [0.25, 0.3) is 11.8 Å². The second-order valence-corrected chi connectivity index (χ2v) is 6.45. The van der Waals surface area contributed by atoms with Crippen molar-refractivity contribution in [3.05, 3.63) is 65.5 Å². The Bertz CT molecular complexity index is 1070. The number of hydrogen-bond donors (Lipinski definition) is 1. The second-order valence-electron chi connectivity index (χ2n) is 6.45. The van der Waals surface area contributed by atoms with E-state index in [0.717, 1.165) is 10.6 Å². The van der Waals surface area contributed by atoms with E-state index < -0.39 is 17.7 Å². The maximum absolute atomic E-state index is 12.4. The third-order valence-electron chi connectivity index (χ3n) is 4.55. The number of fused-ring (bicyclic) bond motifs is 1. The van der Waals surface area contributed by atoms with Gasteiger partial charge in [-0.15, -0.1) is 5.10 Å². The number of nitrogens with one attached hydrogen (secondary N) is 1. The topological polar surface area (TPSA) is 119 Å². The van der Waals surface area contributed by atoms with Gasteiger partial charge in [-0.2, -0.15) is 4.68 Å². The fraction of sp³-hybridized carbons (Fsp3) is 0.200. The molecule has 2 aromatic carbocycles. The van der Waals surface area contributed by atoms with E-state index in [-0.39, 0.29) is 13.1 Å². The number of nitrogens with zero attached hydrogens (tertiary/aromatic N) is 5. The van der Waals surface area contributed by atoms with E-state index in [1.165, 1.54) is 4.68 Å². The third kappa shape index (κ3) is 3.62. The molecule has 0 bridgehead atoms. The summed E-state index contributed by atoms with van der Waals surface area (Å²) in [5.41, 5.74) is 1.30. The number of carbonyl (C=O) groups excluding carboxylic acids is 3. The highest BCUT2D eigenvalue weighted by Gasteiger charge is 2.36. The van der Waals surface area contributed by atoms with Crippen molar-refractivity contribution in [2.24, 2.45) is 0 Å². The van der Waals surface area contributed by atoms with Crippen molar-refractivity contribution in [1.82, 2.24) is 30.4 Å². The Kier molecular flexibility index (Phi) is 5.21. The molecular weight excluding hydrogens is 388 g/mol. The number of hydrogen-bond acceptors (Lipinski definition) is 7. The van der Waals surface area contributed by atoms with E-state index in [1.54, 1.807) is 48.5 Å². The van der Waals surface area contributed by atoms with Crippen molar-refractivity contribution in [1.29, 1.82) is 0 Å². The zero-order valence-electron chi connectivity index (χ0n) is 16.1. The lowest BCUT2D eigenvalue weighted by molar-refractivity contribution is -0.121. The van der Waals surface area contributed by atoms with Gasteiger partial charge in [-0.25, -0.2) is 0 Å². The van der Waals surface area contributed by atoms with Crippen LogP contribution in [0.3, 0.4) is 0 Å². The molecule has 0 spiro atoms. The van der Waals surface area contributed by atoms with E-state index in [2.05, 4.69) is 20.8 Å². The molecule has 1 N–H and O–H groups in total. The minimum Gasteiger partial charge on any atom is -0.494 e. The van der Waals surface area contributed by atoms with Crippen LogP contribution >= 0.6 is 0 Å². The fourth-order valence-corrected chi connectivity index (χ4v) is 3.13. The predicted octanol–water partition coefficient (Wildman–Crippen LogP) is 0.973. The lowest BCUT2D eigenvalue weighted by atomic mass is 10.1. The Balaban J connectivity index is 1.39. The normalized spacial score (nSPS) is 12.8. The van der Waals surface area contributed by atoms with Gasteiger partial charge < -0.3 is 10.1 Å². The SMILES string of the molecule is CCOc1ccc(-n2nnnc2CNC(=O)CN2C(=O)c3ccccc3C2=O)cc1. The van der Waals surface area contributed by atoms with Crippen LogP contribution in [0.15, 0.2) is 48.5 Å². The largest absolute Gasteiger partial charge is 0.494 e. The molecule has 30 heavy (non-hydrogen) atoms. The Morgan fingerprint density at radius 3 is 2.33 bits per heavy atom. The predicted molar refractivity (Wildman–Crippen MR) is 104 cm³/mol. The van der Waals surface area contributed by atoms with Crippen LogP contribution in [0.5, 0.6) is 5.75 Å². The summed E-state index contributed by atoms with van der Waals surface area (Å²) in [5.74, 6) is -0.333. The average molecular weight is 406 g/mol. The van der Waals surface area contributed by atoms with E-state index in [1.807, 2.05) is 6.92 Å². The Morgan fingerprint density at radius 2 is 1.70 bits per heavy atom. The first-order chi connectivity index (χ1) is 14.6. The van der Waals surface area contributed by atoms with E-state index >= 15 is 0 Å². The van der Waals surface area contributed by atoms with Gasteiger partial charge in [0, 0.05) is 0 Å². The van der Waals surface area contributed by atoms with Gasteiger partial charge in [-0.05, 0) is 53.7 Å². The van der Waals surface area contributed by atoms with Crippen molar-refractivity contribution in [3.63, 3.8) is 0 Å². The number of imide groups is 1. The van der Waals surface area contributed by atoms with E-state index in [0.29, 0.717) is 29.2 Å². The quantitative estimate of drug-likeness (QED) is 0.581. The molecule has 0 unspecified atom stereocenters. The van der Waals surface area contributed by atoms with Gasteiger partial charge in [0.2, 0.25) is 5.91 Å². The number of tetrazole rings is 1. The zero-order chi connectivity index (χ0) is 21.1. The summed E-state index contributed by atoms with van der Waals surface area (Å²) < 4.78 is 6.90. The summed E-state index contributed by atoms with van der Waals surface area (Å²) in [6.07, 6.45) is 0. The summed E-state index contributed by atoms with van der Waals surface area (Å²) >= 11 is 0. The molecule has 1 aliphatic rings. The molecule has 0 aliphatic carbocycles. The number of ether oxygens (including phenoxy) is 1. The molecule has 3 aromatic rings. The van der Waals surface area contributed by atoms with Crippen LogP contribution in [0.2, 0.25) is 0 Å². The average Bonchev–Trinajstić information content (AvgIpc) is 3.32. The van der Waals surface area contributed by atoms with Crippen LogP contribution in [0, 0.1) is 0 Å². The summed E-state index contributed by atoms with van der Waals surface area (Å²) in [6.45, 7) is 2.12. The summed E-state index contributed by atoms with van der Waals surface area (Å²) in [6, 6.07) is 13.7. The highest BCUT2D eigenvalue weighted by atomic mass is 16.5. The number of benzene rings is 2. The first-order valence-electron chi connectivity index (χ1n) is 9.31. The molecule has 10 nitrogen and oxygen atoms in total. The van der Waals surface area contributed by atoms with Crippen molar-refractivity contribution in [2.75, 3.05) is 13.2 Å². The Morgan fingerprint density at radius 1 is 1.03 bits per heavy atom. The van der Waals surface area contributed by atoms with E-state index in [9.17, 15) is 14.4 Å². The first kappa shape index (κ1) is 19.2. The molecule has 2 heterocycles. The number of rotatable bonds is 7. The van der Waals surface area contributed by atoms with Gasteiger partial charge in [0.1, 0.15) is 12.3 Å². The van der Waals surface area contributed by atoms with Crippen molar-refractivity contribution in [2.45, 2.75) is 13.5 Å². The Hall–Kier alpha value is -4.08. The van der Waals surface area contributed by atoms with Crippen LogP contribution in [0.25, 0.3) is 5.69 Å². The second kappa shape index (κ2) is 8.11. The molecule has 10 heteroatoms. The van der Waals surface area contributed by atoms with E-state index in [4.69, 9.17) is 4.74 Å². The van der Waals surface area contributed by atoms with Crippen LogP contribution in [0.1, 0.15) is 33.5 Å². The maximum atomic E-state index is 12.4. The van der Waals surface area contributed by atoms with Gasteiger partial charge in [0.15, 0.2) is 5.82 Å². The summed E-state index contributed by atoms with van der Waals surface area (Å²) in [4.78, 5) is 38.0. The number of aromatic nitrogens is 4. The maximum Gasteiger partial charge on any atom is 0.262 e. The first-order valence-corrected chi connectivity index (χ1v) is 9.31. The van der Waals surface area contributed by atoms with Crippen LogP contribution in [-0.4, -0.2) is 56.0 Å². The lowest BCUT2D eigenvalue weighted by Crippen LogP contribution is -2.40. The zero-order valence-corrected chi connectivity index (χ0v) is 16.1. The lowest BCUT2D eigenvalue weighted by Gasteiger charge is -2.13. The minimum absolute atomic E-state index is 0.0300. The molecule has 152 valence electrons. The monoisotopic (exact) mass is 406 g/mol. The molecule has 4 rings (SSSR count). The smallest absolute Gasteiger partial charge is 0.262 e. The molecule has 0 saturated carbocycles. The highest BCUT2D eigenvalue weighted by Crippen LogP contribution is 2.22. The highest BCUT2D eigenvalue weighted by molar-refractivity contribution is 6.22. The summed E-state index contributed by atoms with van der Waals surface area (Å²) in [5, 5.41) is 14.2. The molecule has 0 saturated heterocycles. The standard InChI is InChI=1S/C20H18N6O4/c1-2-30-14-9-7-13(8-10-14)26-17(22-23-24-26)11-21-18(27)12-25-19(28)15-5-3-4-6-16(15)20(25)29/h3-10H,2,11-12H2,1H3,(H,21,27). The van der Waals surface area contributed by atoms with Gasteiger partial charge >= 0.3 is 0 Å². The van der Waals surface area contributed by atoms with Crippen LogP contribution < -0.4 is 10.1 Å². The van der Waals surface area contributed by atoms with Crippen molar-refractivity contribution >= 4 is 17.7 Å². The van der Waals surface area contributed by atoms with Gasteiger partial charge in [0.05, 0.1) is 30.0 Å². The number of carbonyl (C=O) groups is 3. The molecule has 1 aromatic heterocycles. The molecule has 0 atom stereocenters. The minimum atomic E-state index is -0.495. The third-order valence-corrected chi connectivity index (χ3v) is 4.55. The Labute approximate surface area is 171 Å². The molecule has 0 radical (unpaired) electrons. The molecular formula is C20H18N6O4. The van der Waals surface area contributed by atoms with Crippen LogP contribution in [0.4, 0.5) is 0 Å². The molecule has 0 fully saturated rings. The molecule has 1 aliphatic heterocycles. The van der Waals surface area contributed by atoms with Crippen molar-refractivity contribution < 1.29 is 19.1 Å². The van der Waals surface area contributed by atoms with Crippen molar-refractivity contribution in [3.8, 4) is 11.4 Å².